The minimum atomic E-state index is -0.172. The molecule has 0 radical (unpaired) electrons. The van der Waals surface area contributed by atoms with Gasteiger partial charge in [0.2, 0.25) is 0 Å². The minimum Gasteiger partial charge on any atom is -0.393 e. The summed E-state index contributed by atoms with van der Waals surface area (Å²) in [6.07, 6.45) is 8.36. The predicted molar refractivity (Wildman–Crippen MR) is 88.5 cm³/mol. The maximum Gasteiger partial charge on any atom is 0.0920 e. The Labute approximate surface area is 135 Å². The smallest absolute Gasteiger partial charge is 0.0920 e. The van der Waals surface area contributed by atoms with Gasteiger partial charge in [-0.05, 0) is 62.2 Å². The molecule has 0 aromatic carbocycles. The molecule has 0 aromatic heterocycles. The molecule has 1 aliphatic heterocycles. The number of allylic oxidation sites excluding steroid dienone is 2. The molecule has 7 atom stereocenters. The van der Waals surface area contributed by atoms with Crippen molar-refractivity contribution in [3.8, 4) is 0 Å². The number of fused-ring (bicyclic) bond motifs is 4. The summed E-state index contributed by atoms with van der Waals surface area (Å²) in [7, 11) is 0. The highest BCUT2D eigenvalue weighted by Gasteiger charge is 2.64. The molecule has 1 saturated heterocycles. The summed E-state index contributed by atoms with van der Waals surface area (Å²) in [5.41, 5.74) is 2.07. The van der Waals surface area contributed by atoms with Crippen LogP contribution in [0.2, 0.25) is 0 Å². The standard InChI is InChI=1S/C20H32O2/c1-12(2)13-6-8-19(4)15(21)10-18(3)11-16-20(5,22-16)9-7-14(18)17(13)19/h6,12,14-17,21H,7-11H2,1-5H3/t14-,15+,16-,17-,18+,19+,20+/m0/s1. The number of ether oxygens (including phenoxy) is 1. The predicted octanol–water partition coefficient (Wildman–Crippen LogP) is 4.32. The van der Waals surface area contributed by atoms with Gasteiger partial charge in [-0.2, -0.15) is 0 Å². The molecule has 0 spiro atoms. The first-order valence-corrected chi connectivity index (χ1v) is 9.25. The van der Waals surface area contributed by atoms with E-state index in [0.29, 0.717) is 23.9 Å². The highest BCUT2D eigenvalue weighted by Crippen LogP contribution is 2.66. The molecule has 0 bridgehead atoms. The molecule has 0 amide bonds. The molecular weight excluding hydrogens is 272 g/mol. The average molecular weight is 304 g/mol. The molecule has 2 saturated carbocycles. The molecule has 3 fully saturated rings. The van der Waals surface area contributed by atoms with Gasteiger partial charge in [-0.1, -0.05) is 39.3 Å². The lowest BCUT2D eigenvalue weighted by atomic mass is 9.50. The number of aliphatic hydroxyl groups excluding tert-OH is 1. The molecule has 4 rings (SSSR count). The zero-order valence-electron chi connectivity index (χ0n) is 14.9. The van der Waals surface area contributed by atoms with Crippen LogP contribution in [0, 0.1) is 28.6 Å². The molecule has 0 aromatic rings. The van der Waals surface area contributed by atoms with Crippen molar-refractivity contribution < 1.29 is 9.84 Å². The van der Waals surface area contributed by atoms with Crippen molar-refractivity contribution in [1.82, 2.24) is 0 Å². The molecule has 124 valence electrons. The fourth-order valence-electron chi connectivity index (χ4n) is 6.21. The second kappa shape index (κ2) is 4.39. The molecule has 0 unspecified atom stereocenters. The third-order valence-electron chi connectivity index (χ3n) is 7.87. The maximum absolute atomic E-state index is 11.0. The summed E-state index contributed by atoms with van der Waals surface area (Å²) >= 11 is 0. The van der Waals surface area contributed by atoms with E-state index in [4.69, 9.17) is 4.74 Å². The minimum absolute atomic E-state index is 0.0695. The molecule has 3 aliphatic carbocycles. The van der Waals surface area contributed by atoms with Gasteiger partial charge in [-0.3, -0.25) is 0 Å². The summed E-state index contributed by atoms with van der Waals surface area (Å²) in [5.74, 6) is 1.89. The van der Waals surface area contributed by atoms with E-state index in [1.165, 1.54) is 12.8 Å². The lowest BCUT2D eigenvalue weighted by Crippen LogP contribution is -2.53. The monoisotopic (exact) mass is 304 g/mol. The SMILES string of the molecule is CC(C)C1=CC[C@]2(C)[C@H](O)C[C@]3(C)C[C@@H]4O[C@]4(C)CC[C@H]3[C@H]12. The van der Waals surface area contributed by atoms with Gasteiger partial charge < -0.3 is 9.84 Å². The third kappa shape index (κ3) is 1.86. The van der Waals surface area contributed by atoms with Gasteiger partial charge >= 0.3 is 0 Å². The van der Waals surface area contributed by atoms with Crippen LogP contribution in [0.5, 0.6) is 0 Å². The number of epoxide rings is 1. The van der Waals surface area contributed by atoms with Crippen LogP contribution >= 0.6 is 0 Å². The Balaban J connectivity index is 1.74. The lowest BCUT2D eigenvalue weighted by molar-refractivity contribution is -0.116. The molecule has 2 heteroatoms. The Hall–Kier alpha value is -0.340. The quantitative estimate of drug-likeness (QED) is 0.578. The number of hydrogen-bond donors (Lipinski definition) is 1. The van der Waals surface area contributed by atoms with E-state index in [1.807, 2.05) is 0 Å². The van der Waals surface area contributed by atoms with E-state index in [-0.39, 0.29) is 22.5 Å². The number of aliphatic hydroxyl groups is 1. The Morgan fingerprint density at radius 1 is 1.23 bits per heavy atom. The van der Waals surface area contributed by atoms with Crippen molar-refractivity contribution >= 4 is 0 Å². The van der Waals surface area contributed by atoms with E-state index in [1.54, 1.807) is 5.57 Å². The first-order chi connectivity index (χ1) is 10.2. The second-order valence-corrected chi connectivity index (χ2v) is 9.69. The van der Waals surface area contributed by atoms with Crippen LogP contribution in [0.3, 0.4) is 0 Å². The Bertz CT molecular complexity index is 524. The van der Waals surface area contributed by atoms with Crippen molar-refractivity contribution in [3.05, 3.63) is 11.6 Å². The molecule has 22 heavy (non-hydrogen) atoms. The molecule has 1 N–H and O–H groups in total. The largest absolute Gasteiger partial charge is 0.393 e. The highest BCUT2D eigenvalue weighted by atomic mass is 16.6. The van der Waals surface area contributed by atoms with E-state index in [9.17, 15) is 5.11 Å². The Morgan fingerprint density at radius 3 is 2.64 bits per heavy atom. The van der Waals surface area contributed by atoms with E-state index in [2.05, 4.69) is 40.7 Å². The third-order valence-corrected chi connectivity index (χ3v) is 7.87. The fourth-order valence-corrected chi connectivity index (χ4v) is 6.21. The lowest BCUT2D eigenvalue weighted by Gasteiger charge is -2.56. The van der Waals surface area contributed by atoms with Crippen LogP contribution in [0.25, 0.3) is 0 Å². The normalized spacial score (nSPS) is 56.8. The van der Waals surface area contributed by atoms with E-state index < -0.39 is 0 Å². The first-order valence-electron chi connectivity index (χ1n) is 9.25. The van der Waals surface area contributed by atoms with Crippen molar-refractivity contribution in [2.45, 2.75) is 84.5 Å². The topological polar surface area (TPSA) is 32.8 Å². The van der Waals surface area contributed by atoms with Crippen LogP contribution in [-0.2, 0) is 4.74 Å². The van der Waals surface area contributed by atoms with Crippen molar-refractivity contribution in [2.75, 3.05) is 0 Å². The zero-order chi connectivity index (χ0) is 15.9. The van der Waals surface area contributed by atoms with Crippen LogP contribution in [0.1, 0.15) is 66.7 Å². The zero-order valence-corrected chi connectivity index (χ0v) is 14.9. The Kier molecular flexibility index (Phi) is 3.03. The summed E-state index contributed by atoms with van der Waals surface area (Å²) in [4.78, 5) is 0. The fraction of sp³-hybridized carbons (Fsp3) is 0.900. The maximum atomic E-state index is 11.0. The van der Waals surface area contributed by atoms with Gasteiger partial charge in [0.15, 0.2) is 0 Å². The summed E-state index contributed by atoms with van der Waals surface area (Å²) in [5, 5.41) is 11.0. The summed E-state index contributed by atoms with van der Waals surface area (Å²) in [6, 6.07) is 0. The average Bonchev–Trinajstić information content (AvgIpc) is 2.89. The van der Waals surface area contributed by atoms with Crippen LogP contribution in [0.15, 0.2) is 11.6 Å². The van der Waals surface area contributed by atoms with Gasteiger partial charge in [0, 0.05) is 5.41 Å². The van der Waals surface area contributed by atoms with Crippen LogP contribution in [-0.4, -0.2) is 22.9 Å². The molecule has 2 nitrogen and oxygen atoms in total. The molecule has 1 heterocycles. The number of rotatable bonds is 1. The van der Waals surface area contributed by atoms with Gasteiger partial charge in [0.05, 0.1) is 17.8 Å². The van der Waals surface area contributed by atoms with Crippen LogP contribution in [0.4, 0.5) is 0 Å². The molecule has 4 aliphatic rings. The van der Waals surface area contributed by atoms with Gasteiger partial charge in [0.25, 0.3) is 0 Å². The van der Waals surface area contributed by atoms with Gasteiger partial charge in [0.1, 0.15) is 0 Å². The van der Waals surface area contributed by atoms with Crippen molar-refractivity contribution in [2.24, 2.45) is 28.6 Å². The highest BCUT2D eigenvalue weighted by molar-refractivity contribution is 5.28. The van der Waals surface area contributed by atoms with Gasteiger partial charge in [-0.15, -0.1) is 0 Å². The first kappa shape index (κ1) is 15.2. The number of hydrogen-bond acceptors (Lipinski definition) is 2. The van der Waals surface area contributed by atoms with Crippen LogP contribution < -0.4 is 0 Å². The van der Waals surface area contributed by atoms with E-state index in [0.717, 1.165) is 19.3 Å². The van der Waals surface area contributed by atoms with Gasteiger partial charge in [-0.25, -0.2) is 0 Å². The summed E-state index contributed by atoms with van der Waals surface area (Å²) in [6.45, 7) is 11.7. The van der Waals surface area contributed by atoms with Crippen molar-refractivity contribution in [3.63, 3.8) is 0 Å². The van der Waals surface area contributed by atoms with Crippen molar-refractivity contribution in [1.29, 1.82) is 0 Å². The second-order valence-electron chi connectivity index (χ2n) is 9.69. The summed E-state index contributed by atoms with van der Waals surface area (Å²) < 4.78 is 6.01. The Morgan fingerprint density at radius 2 is 1.95 bits per heavy atom. The molecular formula is C20H32O2. The van der Waals surface area contributed by atoms with E-state index >= 15 is 0 Å².